The molecule has 2 aromatic rings. The highest BCUT2D eigenvalue weighted by Crippen LogP contribution is 2.31. The van der Waals surface area contributed by atoms with Crippen molar-refractivity contribution in [1.82, 2.24) is 15.0 Å². The quantitative estimate of drug-likeness (QED) is 0.641. The monoisotopic (exact) mass is 381 g/mol. The van der Waals surface area contributed by atoms with E-state index in [0.717, 1.165) is 64.6 Å². The van der Waals surface area contributed by atoms with Crippen molar-refractivity contribution in [2.75, 3.05) is 6.61 Å². The maximum absolute atomic E-state index is 9.85. The van der Waals surface area contributed by atoms with Gasteiger partial charge in [-0.3, -0.25) is 4.98 Å². The number of rotatable bonds is 8. The normalized spacial score (nSPS) is 13.2. The zero-order chi connectivity index (χ0) is 20.8. The average molecular weight is 382 g/mol. The Kier molecular flexibility index (Phi) is 7.88. The molecular weight excluding hydrogens is 346 g/mol. The van der Waals surface area contributed by atoms with Gasteiger partial charge < -0.3 is 5.11 Å². The molecule has 4 nitrogen and oxygen atoms in total. The number of hydrogen-bond donors (Lipinski definition) is 1. The molecule has 4 heteroatoms. The van der Waals surface area contributed by atoms with Crippen LogP contribution >= 0.6 is 0 Å². The molecule has 0 saturated carbocycles. The smallest absolute Gasteiger partial charge is 0.0936 e. The molecule has 0 aliphatic heterocycles. The number of aliphatic hydroxyl groups excluding tert-OH is 1. The zero-order valence-electron chi connectivity index (χ0n) is 18.5. The van der Waals surface area contributed by atoms with Gasteiger partial charge >= 0.3 is 0 Å². The number of aromatic nitrogens is 3. The van der Waals surface area contributed by atoms with Gasteiger partial charge in [-0.05, 0) is 57.2 Å². The molecule has 152 valence electrons. The van der Waals surface area contributed by atoms with Gasteiger partial charge in [-0.15, -0.1) is 0 Å². The second kappa shape index (κ2) is 9.92. The van der Waals surface area contributed by atoms with Crippen LogP contribution in [0.5, 0.6) is 0 Å². The Hall–Kier alpha value is -2.07. The first kappa shape index (κ1) is 22.2. The van der Waals surface area contributed by atoms with Crippen molar-refractivity contribution >= 4 is 5.57 Å². The third-order valence-electron chi connectivity index (χ3n) is 5.30. The summed E-state index contributed by atoms with van der Waals surface area (Å²) in [6.45, 7) is 14.8. The van der Waals surface area contributed by atoms with Crippen molar-refractivity contribution in [2.45, 2.75) is 73.6 Å². The first-order valence-corrected chi connectivity index (χ1v) is 10.5. The van der Waals surface area contributed by atoms with Crippen molar-refractivity contribution in [1.29, 1.82) is 0 Å². The van der Waals surface area contributed by atoms with E-state index in [4.69, 9.17) is 15.0 Å². The van der Waals surface area contributed by atoms with Crippen LogP contribution in [0.25, 0.3) is 16.8 Å². The van der Waals surface area contributed by atoms with E-state index >= 15 is 0 Å². The van der Waals surface area contributed by atoms with Gasteiger partial charge in [-0.25, -0.2) is 9.97 Å². The highest BCUT2D eigenvalue weighted by Gasteiger charge is 2.20. The molecule has 0 aliphatic rings. The van der Waals surface area contributed by atoms with Crippen LogP contribution in [0.1, 0.15) is 81.8 Å². The summed E-state index contributed by atoms with van der Waals surface area (Å²) in [5, 5.41) is 9.85. The molecule has 0 fully saturated rings. The molecule has 2 rings (SSSR count). The Balaban J connectivity index is 2.55. The van der Waals surface area contributed by atoms with Crippen LogP contribution in [0.15, 0.2) is 18.2 Å². The minimum Gasteiger partial charge on any atom is -0.396 e. The van der Waals surface area contributed by atoms with Crippen LogP contribution in [0.2, 0.25) is 0 Å². The molecule has 1 atom stereocenters. The second-order valence-electron chi connectivity index (χ2n) is 7.74. The molecular formula is C24H35N3O. The SMILES string of the molecule is C/C=C(\c1nc(C)c(-c2ccc(C(C)C)nc2CC)nc1C)[C@H](CO)CCC. The van der Waals surface area contributed by atoms with Gasteiger partial charge in [0.2, 0.25) is 0 Å². The van der Waals surface area contributed by atoms with Crippen LogP contribution in [-0.2, 0) is 6.42 Å². The van der Waals surface area contributed by atoms with Gasteiger partial charge in [-0.1, -0.05) is 40.2 Å². The van der Waals surface area contributed by atoms with Gasteiger partial charge in [0.25, 0.3) is 0 Å². The Bertz CT molecular complexity index is 840. The van der Waals surface area contributed by atoms with Gasteiger partial charge in [0.05, 0.1) is 22.8 Å². The van der Waals surface area contributed by atoms with Crippen LogP contribution in [0.4, 0.5) is 0 Å². The number of hydrogen-bond acceptors (Lipinski definition) is 4. The van der Waals surface area contributed by atoms with Crippen molar-refractivity contribution in [3.05, 3.63) is 46.7 Å². The maximum Gasteiger partial charge on any atom is 0.0936 e. The lowest BCUT2D eigenvalue weighted by Crippen LogP contribution is -2.13. The van der Waals surface area contributed by atoms with E-state index in [1.165, 1.54) is 0 Å². The largest absolute Gasteiger partial charge is 0.396 e. The predicted molar refractivity (Wildman–Crippen MR) is 117 cm³/mol. The highest BCUT2D eigenvalue weighted by atomic mass is 16.3. The summed E-state index contributed by atoms with van der Waals surface area (Å²) in [6, 6.07) is 4.24. The molecule has 0 saturated heterocycles. The van der Waals surface area contributed by atoms with Crippen molar-refractivity contribution in [3.8, 4) is 11.3 Å². The summed E-state index contributed by atoms with van der Waals surface area (Å²) in [7, 11) is 0. The molecule has 2 aromatic heterocycles. The molecule has 0 radical (unpaired) electrons. The minimum atomic E-state index is 0.103. The fourth-order valence-electron chi connectivity index (χ4n) is 3.72. The van der Waals surface area contributed by atoms with Gasteiger partial charge in [0.15, 0.2) is 0 Å². The highest BCUT2D eigenvalue weighted by molar-refractivity contribution is 5.70. The number of allylic oxidation sites excluding steroid dienone is 1. The third kappa shape index (κ3) is 4.67. The molecule has 0 aromatic carbocycles. The first-order valence-electron chi connectivity index (χ1n) is 10.5. The molecule has 28 heavy (non-hydrogen) atoms. The van der Waals surface area contributed by atoms with Gasteiger partial charge in [-0.2, -0.15) is 0 Å². The minimum absolute atomic E-state index is 0.103. The van der Waals surface area contributed by atoms with E-state index in [-0.39, 0.29) is 12.5 Å². The Morgan fingerprint density at radius 2 is 1.79 bits per heavy atom. The molecule has 0 bridgehead atoms. The molecule has 0 unspecified atom stereocenters. The van der Waals surface area contributed by atoms with E-state index in [1.807, 2.05) is 20.8 Å². The number of aryl methyl sites for hydroxylation is 3. The summed E-state index contributed by atoms with van der Waals surface area (Å²) in [5.74, 6) is 0.508. The standard InChI is InChI=1S/C24H35N3O/c1-8-11-18(14-28)19(9-2)23-16(6)26-24(17(7)25-23)20-12-13-22(15(4)5)27-21(20)10-3/h9,12-13,15,18,28H,8,10-11,14H2,1-7H3/b19-9-/t18-/m0/s1. The fourth-order valence-corrected chi connectivity index (χ4v) is 3.72. The number of pyridine rings is 1. The van der Waals surface area contributed by atoms with E-state index in [9.17, 15) is 5.11 Å². The summed E-state index contributed by atoms with van der Waals surface area (Å²) < 4.78 is 0. The molecule has 0 aliphatic carbocycles. The lowest BCUT2D eigenvalue weighted by Gasteiger charge is -2.20. The van der Waals surface area contributed by atoms with E-state index in [0.29, 0.717) is 5.92 Å². The predicted octanol–water partition coefficient (Wildman–Crippen LogP) is 5.65. The summed E-state index contributed by atoms with van der Waals surface area (Å²) in [5.41, 5.74) is 7.96. The van der Waals surface area contributed by atoms with Crippen LogP contribution in [0.3, 0.4) is 0 Å². The van der Waals surface area contributed by atoms with Gasteiger partial charge in [0, 0.05) is 29.5 Å². The Morgan fingerprint density at radius 3 is 2.32 bits per heavy atom. The van der Waals surface area contributed by atoms with E-state index in [1.54, 1.807) is 0 Å². The molecule has 1 N–H and O–H groups in total. The van der Waals surface area contributed by atoms with Crippen LogP contribution in [-0.4, -0.2) is 26.7 Å². The fraction of sp³-hybridized carbons (Fsp3) is 0.542. The summed E-state index contributed by atoms with van der Waals surface area (Å²) in [4.78, 5) is 14.7. The third-order valence-corrected chi connectivity index (χ3v) is 5.30. The van der Waals surface area contributed by atoms with Crippen LogP contribution < -0.4 is 0 Å². The average Bonchev–Trinajstić information content (AvgIpc) is 2.69. The topological polar surface area (TPSA) is 58.9 Å². The molecule has 2 heterocycles. The van der Waals surface area contributed by atoms with E-state index < -0.39 is 0 Å². The summed E-state index contributed by atoms with van der Waals surface area (Å²) >= 11 is 0. The Morgan fingerprint density at radius 1 is 1.07 bits per heavy atom. The Labute approximate surface area is 170 Å². The van der Waals surface area contributed by atoms with Gasteiger partial charge in [0.1, 0.15) is 0 Å². The van der Waals surface area contributed by atoms with E-state index in [2.05, 4.69) is 45.9 Å². The zero-order valence-corrected chi connectivity index (χ0v) is 18.5. The van der Waals surface area contributed by atoms with Crippen molar-refractivity contribution < 1.29 is 5.11 Å². The molecule has 0 spiro atoms. The number of aliphatic hydroxyl groups is 1. The van der Waals surface area contributed by atoms with Crippen molar-refractivity contribution in [2.24, 2.45) is 5.92 Å². The van der Waals surface area contributed by atoms with Crippen LogP contribution in [0, 0.1) is 19.8 Å². The summed E-state index contributed by atoms with van der Waals surface area (Å²) in [6.07, 6.45) is 4.91. The lowest BCUT2D eigenvalue weighted by molar-refractivity contribution is 0.250. The first-order chi connectivity index (χ1) is 13.4. The number of nitrogens with zero attached hydrogens (tertiary/aromatic N) is 3. The lowest BCUT2D eigenvalue weighted by atomic mass is 9.91. The van der Waals surface area contributed by atoms with Crippen molar-refractivity contribution in [3.63, 3.8) is 0 Å². The maximum atomic E-state index is 9.85. The second-order valence-corrected chi connectivity index (χ2v) is 7.74. The molecule has 0 amide bonds.